The second-order valence-corrected chi connectivity index (χ2v) is 3.85. The fraction of sp³-hybridized carbons (Fsp3) is 0.750. The van der Waals surface area contributed by atoms with E-state index in [1.807, 2.05) is 0 Å². The van der Waals surface area contributed by atoms with Crippen molar-refractivity contribution in [3.8, 4) is 12.3 Å². The number of ether oxygens (including phenoxy) is 1. The Balaban J connectivity index is 2.04. The smallest absolute Gasteiger partial charge is 0.222 e. The van der Waals surface area contributed by atoms with Crippen LogP contribution >= 0.6 is 0 Å². The molecule has 0 aromatic carbocycles. The molecule has 0 radical (unpaired) electrons. The Morgan fingerprint density at radius 1 is 1.53 bits per heavy atom. The Kier molecular flexibility index (Phi) is 5.87. The molecule has 0 spiro atoms. The topological polar surface area (TPSA) is 38.3 Å². The Bertz CT molecular complexity index is 226. The van der Waals surface area contributed by atoms with E-state index < -0.39 is 0 Å². The van der Waals surface area contributed by atoms with Gasteiger partial charge in [0.1, 0.15) is 0 Å². The summed E-state index contributed by atoms with van der Waals surface area (Å²) in [5.74, 6) is 2.63. The highest BCUT2D eigenvalue weighted by Gasteiger charge is 2.16. The number of carbonyl (C=O) groups is 1. The summed E-state index contributed by atoms with van der Waals surface area (Å²) in [6.07, 6.45) is 10.6. The van der Waals surface area contributed by atoms with Crippen LogP contribution in [-0.2, 0) is 9.53 Å². The van der Waals surface area contributed by atoms with E-state index in [0.29, 0.717) is 13.0 Å². The van der Waals surface area contributed by atoms with Gasteiger partial charge >= 0.3 is 0 Å². The summed E-state index contributed by atoms with van der Waals surface area (Å²) in [7, 11) is 0. The molecule has 0 aromatic rings. The van der Waals surface area contributed by atoms with Crippen molar-refractivity contribution in [2.75, 3.05) is 13.2 Å². The van der Waals surface area contributed by atoms with Crippen molar-refractivity contribution in [2.24, 2.45) is 0 Å². The standard InChI is InChI=1S/C12H19NO2/c1-2-3-5-8-13-12(14)10-11-7-4-6-9-15-11/h1,11H,3-10H2,(H,13,14). The molecule has 1 heterocycles. The SMILES string of the molecule is C#CCCCNC(=O)CC1CCCCO1. The molecular formula is C12H19NO2. The number of carbonyl (C=O) groups excluding carboxylic acids is 1. The van der Waals surface area contributed by atoms with E-state index in [0.717, 1.165) is 32.3 Å². The van der Waals surface area contributed by atoms with Gasteiger partial charge in [0.05, 0.1) is 12.5 Å². The molecule has 0 bridgehead atoms. The highest BCUT2D eigenvalue weighted by molar-refractivity contribution is 5.76. The van der Waals surface area contributed by atoms with Crippen LogP contribution in [0.2, 0.25) is 0 Å². The fourth-order valence-electron chi connectivity index (χ4n) is 1.67. The average Bonchev–Trinajstić information content (AvgIpc) is 2.26. The van der Waals surface area contributed by atoms with Crippen molar-refractivity contribution in [1.82, 2.24) is 5.32 Å². The quantitative estimate of drug-likeness (QED) is 0.550. The minimum Gasteiger partial charge on any atom is -0.378 e. The molecule has 1 unspecified atom stereocenters. The summed E-state index contributed by atoms with van der Waals surface area (Å²) >= 11 is 0. The van der Waals surface area contributed by atoms with Gasteiger partial charge in [0.2, 0.25) is 5.91 Å². The van der Waals surface area contributed by atoms with E-state index in [-0.39, 0.29) is 12.0 Å². The number of nitrogens with one attached hydrogen (secondary N) is 1. The van der Waals surface area contributed by atoms with E-state index in [9.17, 15) is 4.79 Å². The van der Waals surface area contributed by atoms with Crippen LogP contribution in [0.3, 0.4) is 0 Å². The number of unbranched alkanes of at least 4 members (excludes halogenated alkanes) is 1. The Morgan fingerprint density at radius 2 is 2.40 bits per heavy atom. The second-order valence-electron chi connectivity index (χ2n) is 3.85. The molecule has 3 nitrogen and oxygen atoms in total. The molecule has 0 aromatic heterocycles. The Morgan fingerprint density at radius 3 is 3.07 bits per heavy atom. The van der Waals surface area contributed by atoms with Crippen LogP contribution in [-0.4, -0.2) is 25.2 Å². The maximum absolute atomic E-state index is 11.4. The number of amides is 1. The van der Waals surface area contributed by atoms with E-state index >= 15 is 0 Å². The zero-order valence-corrected chi connectivity index (χ0v) is 9.13. The van der Waals surface area contributed by atoms with Crippen molar-refractivity contribution < 1.29 is 9.53 Å². The predicted molar refractivity (Wildman–Crippen MR) is 59.3 cm³/mol. The van der Waals surface area contributed by atoms with Gasteiger partial charge in [-0.15, -0.1) is 12.3 Å². The van der Waals surface area contributed by atoms with Crippen LogP contribution < -0.4 is 5.32 Å². The second kappa shape index (κ2) is 7.30. The third kappa shape index (κ3) is 5.44. The largest absolute Gasteiger partial charge is 0.378 e. The lowest BCUT2D eigenvalue weighted by Crippen LogP contribution is -2.30. The number of hydrogen-bond donors (Lipinski definition) is 1. The summed E-state index contributed by atoms with van der Waals surface area (Å²) in [6, 6.07) is 0. The summed E-state index contributed by atoms with van der Waals surface area (Å²) in [6.45, 7) is 1.48. The zero-order chi connectivity index (χ0) is 10.9. The van der Waals surface area contributed by atoms with E-state index in [1.54, 1.807) is 0 Å². The first-order valence-electron chi connectivity index (χ1n) is 5.64. The number of terminal acetylenes is 1. The predicted octanol–water partition coefficient (Wildman–Crippen LogP) is 1.48. The molecule has 1 aliphatic heterocycles. The van der Waals surface area contributed by atoms with Crippen molar-refractivity contribution in [1.29, 1.82) is 0 Å². The lowest BCUT2D eigenvalue weighted by Gasteiger charge is -2.21. The first-order valence-corrected chi connectivity index (χ1v) is 5.64. The average molecular weight is 209 g/mol. The lowest BCUT2D eigenvalue weighted by molar-refractivity contribution is -0.124. The first-order chi connectivity index (χ1) is 7.33. The Hall–Kier alpha value is -1.01. The molecule has 15 heavy (non-hydrogen) atoms. The third-order valence-electron chi connectivity index (χ3n) is 2.51. The summed E-state index contributed by atoms with van der Waals surface area (Å²) in [5, 5.41) is 2.85. The maximum Gasteiger partial charge on any atom is 0.222 e. The van der Waals surface area contributed by atoms with Gasteiger partial charge < -0.3 is 10.1 Å². The molecule has 84 valence electrons. The van der Waals surface area contributed by atoms with E-state index in [2.05, 4.69) is 11.2 Å². The van der Waals surface area contributed by atoms with Gasteiger partial charge in [-0.25, -0.2) is 0 Å². The molecule has 0 aliphatic carbocycles. The third-order valence-corrected chi connectivity index (χ3v) is 2.51. The maximum atomic E-state index is 11.4. The van der Waals surface area contributed by atoms with Crippen LogP contribution in [0.25, 0.3) is 0 Å². The molecule has 0 saturated carbocycles. The molecule has 1 N–H and O–H groups in total. The zero-order valence-electron chi connectivity index (χ0n) is 9.13. The highest BCUT2D eigenvalue weighted by atomic mass is 16.5. The normalized spacial score (nSPS) is 20.6. The molecule has 1 rings (SSSR count). The van der Waals surface area contributed by atoms with Gasteiger partial charge in [-0.1, -0.05) is 0 Å². The molecule has 1 fully saturated rings. The van der Waals surface area contributed by atoms with Gasteiger partial charge in [0.25, 0.3) is 0 Å². The molecule has 1 saturated heterocycles. The van der Waals surface area contributed by atoms with E-state index in [4.69, 9.17) is 11.2 Å². The van der Waals surface area contributed by atoms with Gasteiger partial charge in [0.15, 0.2) is 0 Å². The number of rotatable bonds is 5. The molecule has 3 heteroatoms. The van der Waals surface area contributed by atoms with Crippen LogP contribution in [0.15, 0.2) is 0 Å². The van der Waals surface area contributed by atoms with Gasteiger partial charge in [-0.2, -0.15) is 0 Å². The van der Waals surface area contributed by atoms with Crippen molar-refractivity contribution in [3.05, 3.63) is 0 Å². The highest BCUT2D eigenvalue weighted by Crippen LogP contribution is 2.15. The molecule has 1 atom stereocenters. The fourth-order valence-corrected chi connectivity index (χ4v) is 1.67. The van der Waals surface area contributed by atoms with Crippen molar-refractivity contribution >= 4 is 5.91 Å². The van der Waals surface area contributed by atoms with Gasteiger partial charge in [-0.3, -0.25) is 4.79 Å². The lowest BCUT2D eigenvalue weighted by atomic mass is 10.1. The summed E-state index contributed by atoms with van der Waals surface area (Å²) in [5.41, 5.74) is 0. The Labute approximate surface area is 91.6 Å². The summed E-state index contributed by atoms with van der Waals surface area (Å²) in [4.78, 5) is 11.4. The molecular weight excluding hydrogens is 190 g/mol. The molecule has 1 aliphatic rings. The van der Waals surface area contributed by atoms with Crippen LogP contribution in [0.1, 0.15) is 38.5 Å². The minimum absolute atomic E-state index is 0.0823. The minimum atomic E-state index is 0.0823. The van der Waals surface area contributed by atoms with Crippen LogP contribution in [0.5, 0.6) is 0 Å². The number of hydrogen-bond acceptors (Lipinski definition) is 2. The van der Waals surface area contributed by atoms with E-state index in [1.165, 1.54) is 6.42 Å². The van der Waals surface area contributed by atoms with Crippen LogP contribution in [0, 0.1) is 12.3 Å². The van der Waals surface area contributed by atoms with Crippen molar-refractivity contribution in [3.63, 3.8) is 0 Å². The van der Waals surface area contributed by atoms with Gasteiger partial charge in [0, 0.05) is 19.6 Å². The first kappa shape index (κ1) is 12.1. The summed E-state index contributed by atoms with van der Waals surface area (Å²) < 4.78 is 5.48. The van der Waals surface area contributed by atoms with Crippen LogP contribution in [0.4, 0.5) is 0 Å². The monoisotopic (exact) mass is 209 g/mol. The van der Waals surface area contributed by atoms with Gasteiger partial charge in [-0.05, 0) is 25.7 Å². The molecule has 1 amide bonds. The van der Waals surface area contributed by atoms with Crippen molar-refractivity contribution in [2.45, 2.75) is 44.6 Å².